The maximum Gasteiger partial charge on any atom is 0.125 e. The molecule has 0 unspecified atom stereocenters. The van der Waals surface area contributed by atoms with E-state index in [0.717, 1.165) is 15.6 Å². The van der Waals surface area contributed by atoms with Gasteiger partial charge in [-0.2, -0.15) is 5.26 Å². The largest absolute Gasteiger partial charge is 0.348 e. The maximum atomic E-state index is 9.39. The van der Waals surface area contributed by atoms with Crippen molar-refractivity contribution in [2.45, 2.75) is 11.8 Å². The maximum absolute atomic E-state index is 9.39. The average Bonchev–Trinajstić information content (AvgIpc) is 2.83. The first-order valence-corrected chi connectivity index (χ1v) is 6.58. The average molecular weight is 266 g/mol. The Morgan fingerprint density at radius 1 is 1.32 bits per heavy atom. The zero-order valence-corrected chi connectivity index (χ0v) is 11.0. The molecule has 3 rings (SSSR count). The van der Waals surface area contributed by atoms with Crippen LogP contribution in [-0.2, 0) is 0 Å². The molecule has 0 bridgehead atoms. The van der Waals surface area contributed by atoms with Crippen molar-refractivity contribution in [2.24, 2.45) is 0 Å². The number of allylic oxidation sites excluding steroid dienone is 1. The van der Waals surface area contributed by atoms with Gasteiger partial charge in [0.1, 0.15) is 17.5 Å². The van der Waals surface area contributed by atoms with Gasteiger partial charge in [0.05, 0.1) is 16.4 Å². The number of para-hydroxylation sites is 1. The number of nitriles is 1. The molecule has 0 aliphatic carbocycles. The van der Waals surface area contributed by atoms with Gasteiger partial charge in [-0.05, 0) is 25.1 Å². The number of anilines is 1. The van der Waals surface area contributed by atoms with E-state index in [-0.39, 0.29) is 0 Å². The Hall–Kier alpha value is -2.32. The molecule has 92 valence electrons. The summed E-state index contributed by atoms with van der Waals surface area (Å²) in [5, 5.41) is 13.5. The van der Waals surface area contributed by atoms with Crippen molar-refractivity contribution in [1.82, 2.24) is 9.97 Å². The summed E-state index contributed by atoms with van der Waals surface area (Å²) >= 11 is 1.56. The van der Waals surface area contributed by atoms with Crippen LogP contribution in [-0.4, -0.2) is 9.97 Å². The fraction of sp³-hybridized carbons (Fsp3) is 0.0714. The number of hydrogen-bond acceptors (Lipinski definition) is 5. The normalized spacial score (nSPS) is 15.4. The lowest BCUT2D eigenvalue weighted by atomic mass is 10.2. The van der Waals surface area contributed by atoms with Crippen LogP contribution in [0, 0.1) is 18.3 Å². The Kier molecular flexibility index (Phi) is 2.94. The van der Waals surface area contributed by atoms with Gasteiger partial charge in [-0.25, -0.2) is 9.97 Å². The van der Waals surface area contributed by atoms with E-state index in [1.54, 1.807) is 24.0 Å². The molecule has 1 aliphatic heterocycles. The van der Waals surface area contributed by atoms with Gasteiger partial charge in [0.15, 0.2) is 0 Å². The van der Waals surface area contributed by atoms with Gasteiger partial charge >= 0.3 is 0 Å². The number of nitrogens with zero attached hydrogens (tertiary/aromatic N) is 3. The van der Waals surface area contributed by atoms with E-state index < -0.39 is 0 Å². The van der Waals surface area contributed by atoms with Crippen LogP contribution in [0.1, 0.15) is 11.5 Å². The molecular weight excluding hydrogens is 256 g/mol. The molecule has 1 aliphatic rings. The van der Waals surface area contributed by atoms with E-state index in [1.807, 2.05) is 31.2 Å². The number of hydrogen-bond donors (Lipinski definition) is 1. The molecule has 0 radical (unpaired) electrons. The van der Waals surface area contributed by atoms with Gasteiger partial charge in [-0.15, -0.1) is 0 Å². The van der Waals surface area contributed by atoms with Crippen molar-refractivity contribution in [3.05, 3.63) is 53.1 Å². The lowest BCUT2D eigenvalue weighted by Crippen LogP contribution is -1.98. The number of aromatic nitrogens is 2. The molecule has 1 aromatic carbocycles. The van der Waals surface area contributed by atoms with E-state index in [0.29, 0.717) is 17.1 Å². The highest BCUT2D eigenvalue weighted by Crippen LogP contribution is 2.43. The molecule has 0 fully saturated rings. The third kappa shape index (κ3) is 2.18. The number of thioether (sulfide) groups is 1. The SMILES string of the molecule is Cc1nccc(/C(C#N)=C2/Nc3ccccc3S2)n1. The van der Waals surface area contributed by atoms with Crippen molar-refractivity contribution in [2.75, 3.05) is 5.32 Å². The second kappa shape index (κ2) is 4.75. The number of aryl methyl sites for hydroxylation is 1. The predicted octanol–water partition coefficient (Wildman–Crippen LogP) is 3.20. The quantitative estimate of drug-likeness (QED) is 0.803. The highest BCUT2D eigenvalue weighted by Gasteiger charge is 2.20. The van der Waals surface area contributed by atoms with Crippen molar-refractivity contribution >= 4 is 23.0 Å². The van der Waals surface area contributed by atoms with Crippen LogP contribution in [0.5, 0.6) is 0 Å². The van der Waals surface area contributed by atoms with E-state index >= 15 is 0 Å². The first-order chi connectivity index (χ1) is 9.28. The molecule has 2 heterocycles. The third-order valence-corrected chi connectivity index (χ3v) is 3.80. The topological polar surface area (TPSA) is 61.6 Å². The Bertz CT molecular complexity index is 688. The Labute approximate surface area is 115 Å². The van der Waals surface area contributed by atoms with Crippen molar-refractivity contribution in [3.63, 3.8) is 0 Å². The molecule has 0 saturated heterocycles. The first-order valence-electron chi connectivity index (χ1n) is 5.76. The zero-order chi connectivity index (χ0) is 13.2. The molecule has 19 heavy (non-hydrogen) atoms. The van der Waals surface area contributed by atoms with Crippen LogP contribution in [0.4, 0.5) is 5.69 Å². The molecule has 0 saturated carbocycles. The van der Waals surface area contributed by atoms with Gasteiger partial charge < -0.3 is 5.32 Å². The minimum absolute atomic E-state index is 0.548. The van der Waals surface area contributed by atoms with Gasteiger partial charge in [0.25, 0.3) is 0 Å². The van der Waals surface area contributed by atoms with Crippen molar-refractivity contribution < 1.29 is 0 Å². The third-order valence-electron chi connectivity index (χ3n) is 2.72. The van der Waals surface area contributed by atoms with E-state index in [1.165, 1.54) is 0 Å². The van der Waals surface area contributed by atoms with Crippen LogP contribution in [0.2, 0.25) is 0 Å². The Morgan fingerprint density at radius 2 is 2.16 bits per heavy atom. The Morgan fingerprint density at radius 3 is 2.89 bits per heavy atom. The minimum atomic E-state index is 0.548. The number of benzene rings is 1. The lowest BCUT2D eigenvalue weighted by molar-refractivity contribution is 1.04. The smallest absolute Gasteiger partial charge is 0.125 e. The van der Waals surface area contributed by atoms with E-state index in [4.69, 9.17) is 0 Å². The zero-order valence-electron chi connectivity index (χ0n) is 10.2. The number of nitrogens with one attached hydrogen (secondary N) is 1. The van der Waals surface area contributed by atoms with Crippen LogP contribution < -0.4 is 5.32 Å². The highest BCUT2D eigenvalue weighted by atomic mass is 32.2. The molecule has 0 spiro atoms. The summed E-state index contributed by atoms with van der Waals surface area (Å²) in [6, 6.07) is 12.0. The molecule has 1 aromatic heterocycles. The van der Waals surface area contributed by atoms with Gasteiger partial charge in [-0.3, -0.25) is 0 Å². The monoisotopic (exact) mass is 266 g/mol. The van der Waals surface area contributed by atoms with E-state index in [9.17, 15) is 5.26 Å². The summed E-state index contributed by atoms with van der Waals surface area (Å²) in [7, 11) is 0. The summed E-state index contributed by atoms with van der Waals surface area (Å²) in [5.41, 5.74) is 2.23. The molecular formula is C14H10N4S. The van der Waals surface area contributed by atoms with Gasteiger partial charge in [0, 0.05) is 11.1 Å². The van der Waals surface area contributed by atoms with E-state index in [2.05, 4.69) is 21.4 Å². The number of rotatable bonds is 1. The standard InChI is InChI=1S/C14H10N4S/c1-9-16-7-6-11(17-9)10(8-15)14-18-12-4-2-3-5-13(12)19-14/h2-7,18H,1H3/b14-10-. The van der Waals surface area contributed by atoms with Gasteiger partial charge in [0.2, 0.25) is 0 Å². The minimum Gasteiger partial charge on any atom is -0.348 e. The molecule has 0 amide bonds. The second-order valence-corrected chi connectivity index (χ2v) is 5.08. The van der Waals surface area contributed by atoms with Crippen LogP contribution in [0.25, 0.3) is 5.57 Å². The predicted molar refractivity (Wildman–Crippen MR) is 75.2 cm³/mol. The molecule has 4 nitrogen and oxygen atoms in total. The summed E-state index contributed by atoms with van der Waals surface area (Å²) in [5.74, 6) is 0.659. The summed E-state index contributed by atoms with van der Waals surface area (Å²) in [6.45, 7) is 1.81. The summed E-state index contributed by atoms with van der Waals surface area (Å²) < 4.78 is 0. The molecule has 5 heteroatoms. The van der Waals surface area contributed by atoms with Crippen LogP contribution in [0.15, 0.2) is 46.5 Å². The highest BCUT2D eigenvalue weighted by molar-refractivity contribution is 8.04. The molecule has 1 N–H and O–H groups in total. The van der Waals surface area contributed by atoms with Crippen LogP contribution >= 0.6 is 11.8 Å². The lowest BCUT2D eigenvalue weighted by Gasteiger charge is -2.03. The van der Waals surface area contributed by atoms with Crippen molar-refractivity contribution in [3.8, 4) is 6.07 Å². The van der Waals surface area contributed by atoms with Crippen molar-refractivity contribution in [1.29, 1.82) is 5.26 Å². The number of fused-ring (bicyclic) bond motifs is 1. The van der Waals surface area contributed by atoms with Gasteiger partial charge in [-0.1, -0.05) is 23.9 Å². The fourth-order valence-corrected chi connectivity index (χ4v) is 2.86. The fourth-order valence-electron chi connectivity index (χ4n) is 1.85. The summed E-state index contributed by atoms with van der Waals surface area (Å²) in [6.07, 6.45) is 1.67. The molecule has 2 aromatic rings. The Balaban J connectivity index is 2.06. The second-order valence-electron chi connectivity index (χ2n) is 4.03. The summed E-state index contributed by atoms with van der Waals surface area (Å²) in [4.78, 5) is 9.48. The molecule has 0 atom stereocenters. The van der Waals surface area contributed by atoms with Crippen LogP contribution in [0.3, 0.4) is 0 Å². The first kappa shape index (κ1) is 11.8.